The lowest BCUT2D eigenvalue weighted by atomic mass is 9.86. The number of nitrogens with zero attached hydrogens (tertiary/aromatic N) is 2. The highest BCUT2D eigenvalue weighted by Gasteiger charge is 2.19. The molecular weight excluding hydrogens is 322 g/mol. The number of benzene rings is 2. The molecule has 0 aliphatic carbocycles. The van der Waals surface area contributed by atoms with Crippen LogP contribution in [0.15, 0.2) is 60.8 Å². The van der Waals surface area contributed by atoms with Crippen molar-refractivity contribution in [1.29, 1.82) is 0 Å². The minimum Gasteiger partial charge on any atom is -0.352 e. The van der Waals surface area contributed by atoms with E-state index in [-0.39, 0.29) is 11.8 Å². The zero-order valence-electron chi connectivity index (χ0n) is 15.6. The first kappa shape index (κ1) is 17.9. The average Bonchev–Trinajstić information content (AvgIpc) is 2.98. The van der Waals surface area contributed by atoms with Crippen LogP contribution in [-0.2, 0) is 18.4 Å². The van der Waals surface area contributed by atoms with Crippen molar-refractivity contribution in [1.82, 2.24) is 15.1 Å². The van der Waals surface area contributed by atoms with Crippen molar-refractivity contribution in [2.75, 3.05) is 0 Å². The molecule has 3 aromatic rings. The van der Waals surface area contributed by atoms with E-state index in [9.17, 15) is 4.79 Å². The molecule has 0 saturated carbocycles. The van der Waals surface area contributed by atoms with Gasteiger partial charge < -0.3 is 5.32 Å². The lowest BCUT2D eigenvalue weighted by Gasteiger charge is -2.20. The number of aromatic nitrogens is 2. The minimum atomic E-state index is 0.0466. The Morgan fingerprint density at radius 3 is 2.42 bits per heavy atom. The predicted octanol–water partition coefficient (Wildman–Crippen LogP) is 3.88. The third-order valence-corrected chi connectivity index (χ3v) is 4.97. The second-order valence-electron chi connectivity index (χ2n) is 6.68. The highest BCUT2D eigenvalue weighted by molar-refractivity contribution is 5.77. The third-order valence-electron chi connectivity index (χ3n) is 4.97. The Balaban J connectivity index is 1.76. The first-order valence-corrected chi connectivity index (χ1v) is 8.91. The van der Waals surface area contributed by atoms with Crippen LogP contribution in [0.1, 0.15) is 40.3 Å². The maximum Gasteiger partial charge on any atom is 0.221 e. The number of hydrogen-bond acceptors (Lipinski definition) is 2. The maximum absolute atomic E-state index is 12.7. The van der Waals surface area contributed by atoms with Gasteiger partial charge in [0.25, 0.3) is 0 Å². The highest BCUT2D eigenvalue weighted by atomic mass is 16.1. The molecule has 1 heterocycles. The van der Waals surface area contributed by atoms with E-state index in [1.165, 1.54) is 11.1 Å². The van der Waals surface area contributed by atoms with Crippen molar-refractivity contribution in [2.45, 2.75) is 32.7 Å². The van der Waals surface area contributed by atoms with Gasteiger partial charge in [-0.2, -0.15) is 5.10 Å². The maximum atomic E-state index is 12.7. The quantitative estimate of drug-likeness (QED) is 0.736. The number of nitrogens with one attached hydrogen (secondary N) is 1. The molecule has 0 saturated heterocycles. The number of rotatable bonds is 6. The molecule has 0 unspecified atom stereocenters. The van der Waals surface area contributed by atoms with Crippen LogP contribution in [0.3, 0.4) is 0 Å². The Kier molecular flexibility index (Phi) is 5.52. The molecule has 0 spiro atoms. The topological polar surface area (TPSA) is 46.9 Å². The van der Waals surface area contributed by atoms with Gasteiger partial charge >= 0.3 is 0 Å². The van der Waals surface area contributed by atoms with Crippen molar-refractivity contribution in [3.8, 4) is 0 Å². The normalized spacial score (nSPS) is 12.0. The summed E-state index contributed by atoms with van der Waals surface area (Å²) in [6.45, 7) is 4.62. The molecule has 26 heavy (non-hydrogen) atoms. The van der Waals surface area contributed by atoms with Crippen LogP contribution in [0.25, 0.3) is 0 Å². The molecule has 4 heteroatoms. The zero-order chi connectivity index (χ0) is 18.5. The van der Waals surface area contributed by atoms with E-state index in [0.717, 1.165) is 16.8 Å². The van der Waals surface area contributed by atoms with Crippen LogP contribution in [0.2, 0.25) is 0 Å². The fourth-order valence-corrected chi connectivity index (χ4v) is 3.24. The SMILES string of the molecule is Cc1ccccc1[C@H](CC(=O)NCc1cnn(C)c1C)c1ccccc1. The number of carbonyl (C=O) groups is 1. The lowest BCUT2D eigenvalue weighted by molar-refractivity contribution is -0.121. The first-order chi connectivity index (χ1) is 12.6. The minimum absolute atomic E-state index is 0.0466. The van der Waals surface area contributed by atoms with Crippen LogP contribution < -0.4 is 5.32 Å². The molecule has 1 atom stereocenters. The van der Waals surface area contributed by atoms with E-state index < -0.39 is 0 Å². The summed E-state index contributed by atoms with van der Waals surface area (Å²) in [6, 6.07) is 18.5. The first-order valence-electron chi connectivity index (χ1n) is 8.91. The number of aryl methyl sites for hydroxylation is 2. The number of amides is 1. The molecule has 0 aliphatic rings. The van der Waals surface area contributed by atoms with Gasteiger partial charge in [0.05, 0.1) is 6.20 Å². The average molecular weight is 347 g/mol. The van der Waals surface area contributed by atoms with Gasteiger partial charge in [-0.05, 0) is 30.5 Å². The number of carbonyl (C=O) groups excluding carboxylic acids is 1. The molecule has 0 radical (unpaired) electrons. The van der Waals surface area contributed by atoms with Crippen LogP contribution in [-0.4, -0.2) is 15.7 Å². The van der Waals surface area contributed by atoms with Gasteiger partial charge in [0.2, 0.25) is 5.91 Å². The molecule has 0 bridgehead atoms. The third kappa shape index (κ3) is 4.02. The predicted molar refractivity (Wildman–Crippen MR) is 104 cm³/mol. The molecule has 0 fully saturated rings. The summed E-state index contributed by atoms with van der Waals surface area (Å²) >= 11 is 0. The Bertz CT molecular complexity index is 883. The molecule has 2 aromatic carbocycles. The summed E-state index contributed by atoms with van der Waals surface area (Å²) in [5.74, 6) is 0.0951. The fourth-order valence-electron chi connectivity index (χ4n) is 3.24. The van der Waals surface area contributed by atoms with Crippen molar-refractivity contribution in [3.63, 3.8) is 0 Å². The molecule has 3 rings (SSSR count). The van der Waals surface area contributed by atoms with Gasteiger partial charge in [0.1, 0.15) is 0 Å². The zero-order valence-corrected chi connectivity index (χ0v) is 15.6. The summed E-state index contributed by atoms with van der Waals surface area (Å²) in [7, 11) is 1.91. The number of hydrogen-bond donors (Lipinski definition) is 1. The van der Waals surface area contributed by atoms with Crippen molar-refractivity contribution in [3.05, 3.63) is 88.7 Å². The fraction of sp³-hybridized carbons (Fsp3) is 0.273. The standard InChI is InChI=1S/C22H25N3O/c1-16-9-7-8-12-20(16)21(18-10-5-4-6-11-18)13-22(26)23-14-19-15-24-25(3)17(19)2/h4-12,15,21H,13-14H2,1-3H3,(H,23,26)/t21-/m1/s1. The molecule has 1 N–H and O–H groups in total. The van der Waals surface area contributed by atoms with Gasteiger partial charge in [0.15, 0.2) is 0 Å². The summed E-state index contributed by atoms with van der Waals surface area (Å²) < 4.78 is 1.82. The molecule has 134 valence electrons. The summed E-state index contributed by atoms with van der Waals surface area (Å²) in [4.78, 5) is 12.7. The highest BCUT2D eigenvalue weighted by Crippen LogP contribution is 2.30. The Labute approximate surface area is 154 Å². The van der Waals surface area contributed by atoms with E-state index in [4.69, 9.17) is 0 Å². The van der Waals surface area contributed by atoms with Crippen molar-refractivity contribution < 1.29 is 4.79 Å². The van der Waals surface area contributed by atoms with Crippen molar-refractivity contribution in [2.24, 2.45) is 7.05 Å². The van der Waals surface area contributed by atoms with Crippen molar-refractivity contribution >= 4 is 5.91 Å². The van der Waals surface area contributed by atoms with Gasteiger partial charge in [-0.25, -0.2) is 0 Å². The second-order valence-corrected chi connectivity index (χ2v) is 6.68. The molecular formula is C22H25N3O. The van der Waals surface area contributed by atoms with Gasteiger partial charge in [-0.3, -0.25) is 9.48 Å². The Morgan fingerprint density at radius 1 is 1.08 bits per heavy atom. The summed E-state index contributed by atoms with van der Waals surface area (Å²) in [5, 5.41) is 7.28. The van der Waals surface area contributed by atoms with Crippen LogP contribution in [0, 0.1) is 13.8 Å². The van der Waals surface area contributed by atoms with Gasteiger partial charge in [-0.15, -0.1) is 0 Å². The van der Waals surface area contributed by atoms with E-state index >= 15 is 0 Å². The molecule has 0 aliphatic heterocycles. The molecule has 4 nitrogen and oxygen atoms in total. The Morgan fingerprint density at radius 2 is 1.77 bits per heavy atom. The Hall–Kier alpha value is -2.88. The summed E-state index contributed by atoms with van der Waals surface area (Å²) in [6.07, 6.45) is 2.24. The van der Waals surface area contributed by atoms with Gasteiger partial charge in [-0.1, -0.05) is 54.6 Å². The lowest BCUT2D eigenvalue weighted by Crippen LogP contribution is -2.25. The van der Waals surface area contributed by atoms with E-state index in [1.807, 2.05) is 55.2 Å². The monoisotopic (exact) mass is 347 g/mol. The molecule has 1 aromatic heterocycles. The van der Waals surface area contributed by atoms with E-state index in [0.29, 0.717) is 13.0 Å². The van der Waals surface area contributed by atoms with Gasteiger partial charge in [0, 0.05) is 37.2 Å². The van der Waals surface area contributed by atoms with E-state index in [1.54, 1.807) is 0 Å². The largest absolute Gasteiger partial charge is 0.352 e. The molecule has 1 amide bonds. The van der Waals surface area contributed by atoms with E-state index in [2.05, 4.69) is 41.6 Å². The van der Waals surface area contributed by atoms with Crippen LogP contribution in [0.5, 0.6) is 0 Å². The second kappa shape index (κ2) is 8.00. The van der Waals surface area contributed by atoms with Crippen LogP contribution in [0.4, 0.5) is 0 Å². The summed E-state index contributed by atoms with van der Waals surface area (Å²) in [5.41, 5.74) is 5.69. The van der Waals surface area contributed by atoms with Crippen LogP contribution >= 0.6 is 0 Å². The smallest absolute Gasteiger partial charge is 0.221 e.